The topological polar surface area (TPSA) is 125 Å². The summed E-state index contributed by atoms with van der Waals surface area (Å²) in [5, 5.41) is 17.7. The van der Waals surface area contributed by atoms with Crippen LogP contribution in [0.4, 0.5) is 0 Å². The van der Waals surface area contributed by atoms with Crippen molar-refractivity contribution in [2.75, 3.05) is 19.7 Å². The Morgan fingerprint density at radius 2 is 1.83 bits per heavy atom. The van der Waals surface area contributed by atoms with E-state index in [-0.39, 0.29) is 33.6 Å². The molecule has 7 rings (SSSR count). The molecule has 0 amide bonds. The summed E-state index contributed by atoms with van der Waals surface area (Å²) in [5.41, 5.74) is 5.36. The van der Waals surface area contributed by atoms with Gasteiger partial charge in [-0.15, -0.1) is 0 Å². The number of hydrogen-bond donors (Lipinski definition) is 1. The predicted octanol–water partition coefficient (Wildman–Crippen LogP) is 6.55. The molecule has 0 bridgehead atoms. The molecule has 0 aliphatic carbocycles. The summed E-state index contributed by atoms with van der Waals surface area (Å²) < 4.78 is 43.3. The van der Waals surface area contributed by atoms with E-state index < -0.39 is 20.5 Å². The maximum Gasteiger partial charge on any atom is 0.414 e. The van der Waals surface area contributed by atoms with Crippen LogP contribution in [-0.2, 0) is 21.8 Å². The molecule has 246 valence electrons. The SMILES string of the molecule is CC1(C)C=Cc2c(c(CN3CCC(COc4no[n+]([O-])c4S(=O)(=O)c4ccccc4)CC3)cc3c2[nH]c2ccc(C(C)(C)C)cc23)O1. The average Bonchev–Trinajstić information content (AvgIpc) is 3.60. The molecule has 5 aromatic rings. The van der Waals surface area contributed by atoms with Gasteiger partial charge in [0.25, 0.3) is 9.84 Å². The second kappa shape index (κ2) is 11.4. The summed E-state index contributed by atoms with van der Waals surface area (Å²) >= 11 is 0. The summed E-state index contributed by atoms with van der Waals surface area (Å²) in [4.78, 5) is 5.96. The molecule has 10 nitrogen and oxygen atoms in total. The third kappa shape index (κ3) is 5.87. The molecule has 1 fully saturated rings. The molecule has 0 saturated carbocycles. The van der Waals surface area contributed by atoms with E-state index in [0.717, 1.165) is 60.4 Å². The first-order valence-corrected chi connectivity index (χ1v) is 17.5. The highest BCUT2D eigenvalue weighted by Crippen LogP contribution is 2.43. The normalized spacial score (nSPS) is 17.2. The van der Waals surface area contributed by atoms with Gasteiger partial charge in [-0.05, 0) is 104 Å². The molecular formula is C36H40N4O6S. The van der Waals surface area contributed by atoms with Gasteiger partial charge < -0.3 is 19.7 Å². The number of piperidine rings is 1. The van der Waals surface area contributed by atoms with E-state index in [2.05, 4.69) is 90.7 Å². The smallest absolute Gasteiger partial charge is 0.414 e. The molecule has 11 heteroatoms. The van der Waals surface area contributed by atoms with E-state index in [0.29, 0.717) is 0 Å². The summed E-state index contributed by atoms with van der Waals surface area (Å²) in [7, 11) is -4.16. The summed E-state index contributed by atoms with van der Waals surface area (Å²) in [5.74, 6) is 0.767. The number of benzene rings is 3. The number of aromatic amines is 1. The van der Waals surface area contributed by atoms with Crippen LogP contribution in [0, 0.1) is 11.1 Å². The summed E-state index contributed by atoms with van der Waals surface area (Å²) in [6.45, 7) is 13.5. The minimum absolute atomic E-state index is 0.0310. The lowest BCUT2D eigenvalue weighted by Crippen LogP contribution is -2.36. The second-order valence-corrected chi connectivity index (χ2v) is 16.1. The van der Waals surface area contributed by atoms with Crippen LogP contribution >= 0.6 is 0 Å². The van der Waals surface area contributed by atoms with Crippen molar-refractivity contribution >= 4 is 37.7 Å². The van der Waals surface area contributed by atoms with Gasteiger partial charge in [0.1, 0.15) is 11.4 Å². The summed E-state index contributed by atoms with van der Waals surface area (Å²) in [6.07, 6.45) is 6.00. The molecule has 0 radical (unpaired) electrons. The van der Waals surface area contributed by atoms with Gasteiger partial charge in [-0.25, -0.2) is 8.42 Å². The molecule has 0 atom stereocenters. The third-order valence-corrected chi connectivity index (χ3v) is 11.0. The van der Waals surface area contributed by atoms with Gasteiger partial charge in [0.05, 0.1) is 22.2 Å². The Morgan fingerprint density at radius 3 is 2.55 bits per heavy atom. The van der Waals surface area contributed by atoms with Gasteiger partial charge in [0.2, 0.25) is 0 Å². The molecular weight excluding hydrogens is 616 g/mol. The van der Waals surface area contributed by atoms with Crippen molar-refractivity contribution < 1.29 is 27.4 Å². The number of fused-ring (bicyclic) bond motifs is 5. The Labute approximate surface area is 274 Å². The zero-order valence-electron chi connectivity index (χ0n) is 27.4. The number of hydrogen-bond acceptors (Lipinski definition) is 8. The lowest BCUT2D eigenvalue weighted by molar-refractivity contribution is -0.832. The Bertz CT molecular complexity index is 2100. The number of ether oxygens (including phenoxy) is 2. The molecule has 4 heterocycles. The highest BCUT2D eigenvalue weighted by atomic mass is 32.2. The lowest BCUT2D eigenvalue weighted by Gasteiger charge is -2.34. The highest BCUT2D eigenvalue weighted by Gasteiger charge is 2.36. The highest BCUT2D eigenvalue weighted by molar-refractivity contribution is 7.91. The number of sulfone groups is 1. The van der Waals surface area contributed by atoms with Crippen molar-refractivity contribution in [2.24, 2.45) is 5.92 Å². The quantitative estimate of drug-likeness (QED) is 0.196. The van der Waals surface area contributed by atoms with E-state index in [1.807, 2.05) is 0 Å². The maximum absolute atomic E-state index is 13.1. The number of likely N-dealkylation sites (tertiary alicyclic amines) is 1. The number of nitrogens with zero attached hydrogens (tertiary/aromatic N) is 3. The third-order valence-electron chi connectivity index (χ3n) is 9.26. The molecule has 1 saturated heterocycles. The zero-order chi connectivity index (χ0) is 33.1. The molecule has 3 aromatic carbocycles. The van der Waals surface area contributed by atoms with Crippen LogP contribution in [0.15, 0.2) is 75.2 Å². The molecule has 1 N–H and O–H groups in total. The Morgan fingerprint density at radius 1 is 1.09 bits per heavy atom. The van der Waals surface area contributed by atoms with Crippen LogP contribution in [0.3, 0.4) is 0 Å². The van der Waals surface area contributed by atoms with Crippen molar-refractivity contribution in [3.8, 4) is 11.6 Å². The van der Waals surface area contributed by atoms with Gasteiger partial charge >= 0.3 is 10.9 Å². The van der Waals surface area contributed by atoms with Crippen LogP contribution in [0.2, 0.25) is 0 Å². The first-order chi connectivity index (χ1) is 22.3. The maximum atomic E-state index is 13.1. The summed E-state index contributed by atoms with van der Waals surface area (Å²) in [6, 6.07) is 16.7. The largest absolute Gasteiger partial charge is 0.483 e. The van der Waals surface area contributed by atoms with Crippen LogP contribution in [-0.4, -0.2) is 48.8 Å². The van der Waals surface area contributed by atoms with Crippen molar-refractivity contribution in [1.82, 2.24) is 15.0 Å². The number of H-pyrrole nitrogens is 1. The molecule has 2 aromatic heterocycles. The van der Waals surface area contributed by atoms with E-state index in [4.69, 9.17) is 9.47 Å². The van der Waals surface area contributed by atoms with E-state index in [1.165, 1.54) is 28.5 Å². The van der Waals surface area contributed by atoms with Gasteiger partial charge in [-0.2, -0.15) is 0 Å². The monoisotopic (exact) mass is 656 g/mol. The van der Waals surface area contributed by atoms with Gasteiger partial charge in [0, 0.05) is 34.0 Å². The standard InChI is InChI=1S/C36H40N4O6S/c1-35(2,3)25-11-12-30-28(20-25)29-19-24(32-27(31(29)37-30)13-16-36(4,5)45-32)21-39-17-14-23(15-18-39)22-44-33-34(40(41)46-38-33)47(42,43)26-9-7-6-8-10-26/h6-13,16,19-20,23,37H,14-15,17-18,21-22H2,1-5H3. The van der Waals surface area contributed by atoms with Gasteiger partial charge in [0.15, 0.2) is 0 Å². The van der Waals surface area contributed by atoms with Gasteiger partial charge in [-0.3, -0.25) is 9.53 Å². The number of rotatable bonds is 7. The fraction of sp³-hybridized carbons (Fsp3) is 0.389. The van der Waals surface area contributed by atoms with Crippen LogP contribution in [0.25, 0.3) is 27.9 Å². The predicted molar refractivity (Wildman–Crippen MR) is 179 cm³/mol. The average molecular weight is 657 g/mol. The molecule has 0 unspecified atom stereocenters. The van der Waals surface area contributed by atoms with Gasteiger partial charge in [-0.1, -0.05) is 45.0 Å². The Hall–Kier alpha value is -4.35. The first-order valence-electron chi connectivity index (χ1n) is 16.1. The minimum Gasteiger partial charge on any atom is -0.483 e. The molecule has 0 spiro atoms. The van der Waals surface area contributed by atoms with Crippen molar-refractivity contribution in [3.63, 3.8) is 0 Å². The van der Waals surface area contributed by atoms with Crippen LogP contribution in [0.5, 0.6) is 11.6 Å². The second-order valence-electron chi connectivity index (χ2n) is 14.3. The van der Waals surface area contributed by atoms with Crippen LogP contribution in [0.1, 0.15) is 64.2 Å². The van der Waals surface area contributed by atoms with Crippen molar-refractivity contribution in [3.05, 3.63) is 82.6 Å². The zero-order valence-corrected chi connectivity index (χ0v) is 28.2. The lowest BCUT2D eigenvalue weighted by atomic mass is 9.86. The van der Waals surface area contributed by atoms with E-state index in [9.17, 15) is 13.6 Å². The number of aromatic nitrogens is 3. The van der Waals surface area contributed by atoms with Crippen molar-refractivity contribution in [2.45, 2.75) is 74.9 Å². The molecule has 47 heavy (non-hydrogen) atoms. The Balaban J connectivity index is 1.09. The minimum atomic E-state index is -4.16. The van der Waals surface area contributed by atoms with Crippen LogP contribution < -0.4 is 14.4 Å². The first kappa shape index (κ1) is 31.3. The Kier molecular flexibility index (Phi) is 7.59. The number of nitrogens with one attached hydrogen (secondary N) is 1. The fourth-order valence-corrected chi connectivity index (χ4v) is 7.83. The van der Waals surface area contributed by atoms with E-state index in [1.54, 1.807) is 18.2 Å². The fourth-order valence-electron chi connectivity index (χ4n) is 6.54. The molecule has 2 aliphatic rings. The van der Waals surface area contributed by atoms with Crippen molar-refractivity contribution in [1.29, 1.82) is 0 Å². The molecule has 2 aliphatic heterocycles. The van der Waals surface area contributed by atoms with E-state index >= 15 is 0 Å².